The van der Waals surface area contributed by atoms with Crippen LogP contribution in [0.4, 0.5) is 18.9 Å². The highest BCUT2D eigenvalue weighted by Gasteiger charge is 2.31. The summed E-state index contributed by atoms with van der Waals surface area (Å²) >= 11 is 0. The van der Waals surface area contributed by atoms with Crippen molar-refractivity contribution >= 4 is 11.6 Å². The molecule has 26 heavy (non-hydrogen) atoms. The molecule has 0 bridgehead atoms. The Morgan fingerprint density at radius 3 is 2.58 bits per heavy atom. The third-order valence-corrected chi connectivity index (χ3v) is 3.58. The number of anilines is 1. The Bertz CT molecular complexity index is 773. The number of benzene rings is 1. The number of carbonyl (C=O) groups is 1. The van der Waals surface area contributed by atoms with Gasteiger partial charge in [-0.15, -0.1) is 0 Å². The van der Waals surface area contributed by atoms with E-state index in [4.69, 9.17) is 4.74 Å². The first-order chi connectivity index (χ1) is 12.4. The van der Waals surface area contributed by atoms with Crippen molar-refractivity contribution in [2.45, 2.75) is 25.4 Å². The van der Waals surface area contributed by atoms with Crippen molar-refractivity contribution in [3.63, 3.8) is 0 Å². The molecule has 0 unspecified atom stereocenters. The molecule has 2 aromatic rings. The summed E-state index contributed by atoms with van der Waals surface area (Å²) in [6, 6.07) is 10.4. The van der Waals surface area contributed by atoms with Gasteiger partial charge >= 0.3 is 6.18 Å². The number of ether oxygens (including phenoxy) is 1. The summed E-state index contributed by atoms with van der Waals surface area (Å²) in [5.74, 6) is -0.540. The molecule has 1 heterocycles. The minimum Gasteiger partial charge on any atom is -0.381 e. The van der Waals surface area contributed by atoms with E-state index in [1.165, 1.54) is 0 Å². The van der Waals surface area contributed by atoms with Gasteiger partial charge in [-0.1, -0.05) is 30.3 Å². The lowest BCUT2D eigenvalue weighted by molar-refractivity contribution is -0.137. The average molecular weight is 368 g/mol. The van der Waals surface area contributed by atoms with Gasteiger partial charge in [-0.05, 0) is 24.5 Å². The third kappa shape index (κ3) is 6.36. The monoisotopic (exact) mass is 368 g/mol. The number of nitrogens with one attached hydrogen (secondary N) is 2. The summed E-state index contributed by atoms with van der Waals surface area (Å²) < 4.78 is 43.3. The van der Waals surface area contributed by atoms with Crippen molar-refractivity contribution in [1.82, 2.24) is 4.98 Å². The first kappa shape index (κ1) is 19.7. The molecule has 1 aromatic heterocycles. The van der Waals surface area contributed by atoms with Gasteiger partial charge in [0, 0.05) is 19.2 Å². The van der Waals surface area contributed by atoms with E-state index in [0.717, 1.165) is 12.0 Å². The van der Waals surface area contributed by atoms with E-state index in [-0.39, 0.29) is 6.42 Å². The molecule has 0 saturated carbocycles. The Kier molecular flexibility index (Phi) is 6.97. The minimum atomic E-state index is -4.60. The van der Waals surface area contributed by atoms with Gasteiger partial charge < -0.3 is 15.0 Å². The lowest BCUT2D eigenvalue weighted by Gasteiger charge is -2.09. The summed E-state index contributed by atoms with van der Waals surface area (Å²) in [6.45, 7) is 0.859. The molecule has 0 atom stereocenters. The molecule has 2 N–H and O–H groups in total. The standard InChI is InChI=1S/C18H19F3N2O3/c19-18(20,21)14-11-15(17(25)22-12-14)23-16(24)7-4-9-26-10-8-13-5-2-1-3-6-13/h1-3,5-6,11-12H,4,7-10H2,(H,22,25)(H,23,24). The zero-order valence-corrected chi connectivity index (χ0v) is 13.9. The Labute approximate surface area is 148 Å². The van der Waals surface area contributed by atoms with E-state index in [2.05, 4.69) is 5.32 Å². The second kappa shape index (κ2) is 9.19. The van der Waals surface area contributed by atoms with Crippen LogP contribution < -0.4 is 10.9 Å². The quantitative estimate of drug-likeness (QED) is 0.702. The molecule has 2 rings (SSSR count). The van der Waals surface area contributed by atoms with Crippen LogP contribution in [0, 0.1) is 0 Å². The lowest BCUT2D eigenvalue weighted by Crippen LogP contribution is -2.21. The zero-order chi connectivity index (χ0) is 19.0. The van der Waals surface area contributed by atoms with Crippen LogP contribution in [0.1, 0.15) is 24.0 Å². The van der Waals surface area contributed by atoms with Crippen molar-refractivity contribution < 1.29 is 22.7 Å². The number of alkyl halides is 3. The molecule has 0 spiro atoms. The van der Waals surface area contributed by atoms with Crippen LogP contribution in [0.2, 0.25) is 0 Å². The molecule has 5 nitrogen and oxygen atoms in total. The highest BCUT2D eigenvalue weighted by molar-refractivity contribution is 5.90. The summed E-state index contributed by atoms with van der Waals surface area (Å²) in [6.07, 6.45) is -2.83. The number of carbonyl (C=O) groups excluding carboxylic acids is 1. The van der Waals surface area contributed by atoms with Crippen LogP contribution >= 0.6 is 0 Å². The molecular formula is C18H19F3N2O3. The fraction of sp³-hybridized carbons (Fsp3) is 0.333. The highest BCUT2D eigenvalue weighted by Crippen LogP contribution is 2.29. The Morgan fingerprint density at radius 2 is 1.88 bits per heavy atom. The van der Waals surface area contributed by atoms with Gasteiger partial charge in [0.05, 0.1) is 12.2 Å². The second-order valence-corrected chi connectivity index (χ2v) is 5.63. The SMILES string of the molecule is O=C(CCCOCCc1ccccc1)Nc1cc(C(F)(F)F)c[nH]c1=O. The van der Waals surface area contributed by atoms with Crippen molar-refractivity contribution in [1.29, 1.82) is 0 Å². The molecule has 140 valence electrons. The first-order valence-corrected chi connectivity index (χ1v) is 8.08. The van der Waals surface area contributed by atoms with Crippen LogP contribution in [0.3, 0.4) is 0 Å². The number of hydrogen-bond donors (Lipinski definition) is 2. The highest BCUT2D eigenvalue weighted by atomic mass is 19.4. The number of halogens is 3. The summed E-state index contributed by atoms with van der Waals surface area (Å²) in [4.78, 5) is 25.3. The van der Waals surface area contributed by atoms with Crippen LogP contribution in [-0.2, 0) is 22.1 Å². The van der Waals surface area contributed by atoms with E-state index in [1.54, 1.807) is 0 Å². The molecule has 0 fully saturated rings. The van der Waals surface area contributed by atoms with Gasteiger partial charge in [0.15, 0.2) is 0 Å². The van der Waals surface area contributed by atoms with Crippen molar-refractivity contribution in [2.24, 2.45) is 0 Å². The number of pyridine rings is 1. The van der Waals surface area contributed by atoms with Crippen molar-refractivity contribution in [3.05, 3.63) is 64.1 Å². The molecule has 0 aliphatic heterocycles. The third-order valence-electron chi connectivity index (χ3n) is 3.58. The van der Waals surface area contributed by atoms with Crippen molar-refractivity contribution in [3.8, 4) is 0 Å². The maximum atomic E-state index is 12.6. The molecule has 0 aliphatic rings. The zero-order valence-electron chi connectivity index (χ0n) is 13.9. The smallest absolute Gasteiger partial charge is 0.381 e. The first-order valence-electron chi connectivity index (χ1n) is 8.08. The normalized spacial score (nSPS) is 11.3. The van der Waals surface area contributed by atoms with Gasteiger partial charge in [0.1, 0.15) is 5.69 Å². The summed E-state index contributed by atoms with van der Waals surface area (Å²) in [5, 5.41) is 2.20. The molecule has 0 aliphatic carbocycles. The summed E-state index contributed by atoms with van der Waals surface area (Å²) in [7, 11) is 0. The van der Waals surface area contributed by atoms with Crippen LogP contribution in [0.25, 0.3) is 0 Å². The van der Waals surface area contributed by atoms with Gasteiger partial charge in [-0.2, -0.15) is 13.2 Å². The number of amides is 1. The Balaban J connectivity index is 1.71. The Morgan fingerprint density at radius 1 is 1.15 bits per heavy atom. The molecule has 0 saturated heterocycles. The fourth-order valence-corrected chi connectivity index (χ4v) is 2.22. The maximum absolute atomic E-state index is 12.6. The topological polar surface area (TPSA) is 71.2 Å². The summed E-state index contributed by atoms with van der Waals surface area (Å²) in [5.41, 5.74) is -1.09. The number of hydrogen-bond acceptors (Lipinski definition) is 3. The lowest BCUT2D eigenvalue weighted by atomic mass is 10.2. The predicted molar refractivity (Wildman–Crippen MR) is 90.9 cm³/mol. The van der Waals surface area contributed by atoms with Crippen LogP contribution in [0.15, 0.2) is 47.4 Å². The number of aromatic amines is 1. The number of H-pyrrole nitrogens is 1. The molecule has 1 amide bonds. The Hall–Kier alpha value is -2.61. The molecule has 0 radical (unpaired) electrons. The van der Waals surface area contributed by atoms with Gasteiger partial charge in [-0.25, -0.2) is 0 Å². The van der Waals surface area contributed by atoms with E-state index < -0.39 is 28.9 Å². The molecular weight excluding hydrogens is 349 g/mol. The number of aromatic nitrogens is 1. The minimum absolute atomic E-state index is 0.0427. The van der Waals surface area contributed by atoms with Crippen LogP contribution in [-0.4, -0.2) is 24.1 Å². The molecule has 8 heteroatoms. The fourth-order valence-electron chi connectivity index (χ4n) is 2.22. The molecule has 1 aromatic carbocycles. The van der Waals surface area contributed by atoms with Gasteiger partial charge in [0.2, 0.25) is 5.91 Å². The maximum Gasteiger partial charge on any atom is 0.417 e. The average Bonchev–Trinajstić information content (AvgIpc) is 2.60. The van der Waals surface area contributed by atoms with E-state index in [1.807, 2.05) is 35.3 Å². The van der Waals surface area contributed by atoms with E-state index in [9.17, 15) is 22.8 Å². The van der Waals surface area contributed by atoms with E-state index >= 15 is 0 Å². The van der Waals surface area contributed by atoms with Gasteiger partial charge in [-0.3, -0.25) is 9.59 Å². The van der Waals surface area contributed by atoms with Gasteiger partial charge in [0.25, 0.3) is 5.56 Å². The largest absolute Gasteiger partial charge is 0.417 e. The second-order valence-electron chi connectivity index (χ2n) is 5.63. The number of rotatable bonds is 8. The van der Waals surface area contributed by atoms with E-state index in [0.29, 0.717) is 31.9 Å². The van der Waals surface area contributed by atoms with Crippen LogP contribution in [0.5, 0.6) is 0 Å². The predicted octanol–water partition coefficient (Wildman–Crippen LogP) is 3.37. The van der Waals surface area contributed by atoms with Crippen molar-refractivity contribution in [2.75, 3.05) is 18.5 Å².